The van der Waals surface area contributed by atoms with Gasteiger partial charge in [-0.15, -0.1) is 11.3 Å². The van der Waals surface area contributed by atoms with Crippen LogP contribution in [0.25, 0.3) is 0 Å². The van der Waals surface area contributed by atoms with Gasteiger partial charge in [0.25, 0.3) is 0 Å². The molecule has 2 aliphatic rings. The number of amides is 1. The highest BCUT2D eigenvalue weighted by atomic mass is 32.1. The molecule has 2 aromatic rings. The van der Waals surface area contributed by atoms with Gasteiger partial charge in [0.05, 0.1) is 18.2 Å². The van der Waals surface area contributed by atoms with E-state index in [9.17, 15) is 4.79 Å². The van der Waals surface area contributed by atoms with E-state index in [1.807, 2.05) is 11.3 Å². The van der Waals surface area contributed by atoms with Crippen LogP contribution in [0.15, 0.2) is 17.6 Å². The minimum absolute atomic E-state index is 0.103. The summed E-state index contributed by atoms with van der Waals surface area (Å²) in [4.78, 5) is 20.7. The molecule has 2 aromatic heterocycles. The first-order valence-electron chi connectivity index (χ1n) is 8.72. The molecule has 0 spiro atoms. The third-order valence-corrected chi connectivity index (χ3v) is 6.01. The SMILES string of the molecule is Cc1ccsc1CN1CCn2cc(CC(=O)NC3CC3)nc2C1C. The van der Waals surface area contributed by atoms with Crippen molar-refractivity contribution in [3.05, 3.63) is 39.6 Å². The third-order valence-electron chi connectivity index (χ3n) is 5.01. The van der Waals surface area contributed by atoms with Gasteiger partial charge in [-0.25, -0.2) is 4.98 Å². The third kappa shape index (κ3) is 3.26. The molecule has 1 fully saturated rings. The molecule has 1 saturated carbocycles. The number of fused-ring (bicyclic) bond motifs is 1. The second-order valence-corrected chi connectivity index (χ2v) is 7.98. The number of imidazole rings is 1. The van der Waals surface area contributed by atoms with Crippen LogP contribution < -0.4 is 5.32 Å². The fourth-order valence-electron chi connectivity index (χ4n) is 3.31. The Labute approximate surface area is 146 Å². The van der Waals surface area contributed by atoms with Crippen molar-refractivity contribution in [3.63, 3.8) is 0 Å². The van der Waals surface area contributed by atoms with Crippen LogP contribution in [0, 0.1) is 6.92 Å². The first-order valence-corrected chi connectivity index (χ1v) is 9.60. The molecule has 5 nitrogen and oxygen atoms in total. The van der Waals surface area contributed by atoms with Gasteiger partial charge in [0.1, 0.15) is 5.82 Å². The molecule has 0 saturated heterocycles. The van der Waals surface area contributed by atoms with E-state index in [0.29, 0.717) is 12.5 Å². The van der Waals surface area contributed by atoms with E-state index >= 15 is 0 Å². The summed E-state index contributed by atoms with van der Waals surface area (Å²) in [6.07, 6.45) is 4.71. The Bertz CT molecular complexity index is 746. The fourth-order valence-corrected chi connectivity index (χ4v) is 4.25. The maximum absolute atomic E-state index is 12.0. The monoisotopic (exact) mass is 344 g/mol. The molecule has 0 aromatic carbocycles. The normalized spacial score (nSPS) is 20.8. The number of hydrogen-bond acceptors (Lipinski definition) is 4. The predicted octanol–water partition coefficient (Wildman–Crippen LogP) is 2.65. The molecule has 1 N–H and O–H groups in total. The van der Waals surface area contributed by atoms with E-state index in [2.05, 4.69) is 46.3 Å². The summed E-state index contributed by atoms with van der Waals surface area (Å²) in [5.74, 6) is 1.19. The van der Waals surface area contributed by atoms with Gasteiger partial charge in [-0.3, -0.25) is 9.69 Å². The second kappa shape index (κ2) is 6.33. The molecule has 3 heterocycles. The number of thiophene rings is 1. The Kier molecular flexibility index (Phi) is 4.18. The van der Waals surface area contributed by atoms with Gasteiger partial charge >= 0.3 is 0 Å². The summed E-state index contributed by atoms with van der Waals surface area (Å²) < 4.78 is 2.22. The van der Waals surface area contributed by atoms with Crippen molar-refractivity contribution in [2.45, 2.75) is 58.3 Å². The van der Waals surface area contributed by atoms with Crippen molar-refractivity contribution in [3.8, 4) is 0 Å². The lowest BCUT2D eigenvalue weighted by atomic mass is 10.2. The van der Waals surface area contributed by atoms with E-state index in [4.69, 9.17) is 4.98 Å². The summed E-state index contributed by atoms with van der Waals surface area (Å²) >= 11 is 1.83. The lowest BCUT2D eigenvalue weighted by Gasteiger charge is -2.33. The van der Waals surface area contributed by atoms with E-state index in [-0.39, 0.29) is 11.9 Å². The van der Waals surface area contributed by atoms with Crippen LogP contribution in [0.4, 0.5) is 0 Å². The minimum atomic E-state index is 0.103. The number of aromatic nitrogens is 2. The number of nitrogens with zero attached hydrogens (tertiary/aromatic N) is 3. The van der Waals surface area contributed by atoms with Crippen LogP contribution >= 0.6 is 11.3 Å². The minimum Gasteiger partial charge on any atom is -0.353 e. The zero-order valence-electron chi connectivity index (χ0n) is 14.3. The topological polar surface area (TPSA) is 50.2 Å². The van der Waals surface area contributed by atoms with E-state index in [1.165, 1.54) is 10.4 Å². The van der Waals surface area contributed by atoms with Gasteiger partial charge in [0.2, 0.25) is 5.91 Å². The van der Waals surface area contributed by atoms with Crippen LogP contribution in [-0.2, 0) is 24.3 Å². The number of hydrogen-bond donors (Lipinski definition) is 1. The number of carbonyl (C=O) groups is 1. The molecule has 1 unspecified atom stereocenters. The Balaban J connectivity index is 1.45. The van der Waals surface area contributed by atoms with Gasteiger partial charge in [0, 0.05) is 36.8 Å². The largest absolute Gasteiger partial charge is 0.353 e. The van der Waals surface area contributed by atoms with Crippen molar-refractivity contribution in [1.29, 1.82) is 0 Å². The van der Waals surface area contributed by atoms with Gasteiger partial charge in [0.15, 0.2) is 0 Å². The first kappa shape index (κ1) is 15.8. The Morgan fingerprint density at radius 2 is 2.25 bits per heavy atom. The molecule has 1 aliphatic heterocycles. The molecule has 0 radical (unpaired) electrons. The molecule has 1 aliphatic carbocycles. The molecule has 4 rings (SSSR count). The summed E-state index contributed by atoms with van der Waals surface area (Å²) in [6, 6.07) is 2.88. The van der Waals surface area contributed by atoms with E-state index < -0.39 is 0 Å². The Morgan fingerprint density at radius 3 is 2.96 bits per heavy atom. The van der Waals surface area contributed by atoms with Crippen LogP contribution in [0.5, 0.6) is 0 Å². The molecule has 6 heteroatoms. The molecule has 24 heavy (non-hydrogen) atoms. The molecular formula is C18H24N4OS. The Hall–Kier alpha value is -1.66. The van der Waals surface area contributed by atoms with Crippen LogP contribution in [0.2, 0.25) is 0 Å². The molecule has 128 valence electrons. The smallest absolute Gasteiger partial charge is 0.226 e. The summed E-state index contributed by atoms with van der Waals surface area (Å²) in [7, 11) is 0. The van der Waals surface area contributed by atoms with E-state index in [0.717, 1.165) is 44.0 Å². The highest BCUT2D eigenvalue weighted by molar-refractivity contribution is 7.10. The summed E-state index contributed by atoms with van der Waals surface area (Å²) in [5, 5.41) is 5.20. The average Bonchev–Trinajstić information content (AvgIpc) is 3.11. The predicted molar refractivity (Wildman–Crippen MR) is 95.0 cm³/mol. The molecular weight excluding hydrogens is 320 g/mol. The van der Waals surface area contributed by atoms with Crippen LogP contribution in [0.3, 0.4) is 0 Å². The first-order chi connectivity index (χ1) is 11.6. The van der Waals surface area contributed by atoms with Gasteiger partial charge in [-0.05, 0) is 43.7 Å². The van der Waals surface area contributed by atoms with Crippen molar-refractivity contribution >= 4 is 17.2 Å². The molecule has 1 atom stereocenters. The number of aryl methyl sites for hydroxylation is 1. The van der Waals surface area contributed by atoms with Crippen molar-refractivity contribution in [2.75, 3.05) is 6.54 Å². The Morgan fingerprint density at radius 1 is 1.42 bits per heavy atom. The van der Waals surface area contributed by atoms with Crippen LogP contribution in [-0.4, -0.2) is 32.9 Å². The number of nitrogens with one attached hydrogen (secondary N) is 1. The van der Waals surface area contributed by atoms with E-state index in [1.54, 1.807) is 0 Å². The van der Waals surface area contributed by atoms with Crippen molar-refractivity contribution in [2.24, 2.45) is 0 Å². The van der Waals surface area contributed by atoms with Crippen LogP contribution in [0.1, 0.15) is 47.8 Å². The average molecular weight is 344 g/mol. The van der Waals surface area contributed by atoms with Gasteiger partial charge in [-0.1, -0.05) is 0 Å². The number of carbonyl (C=O) groups excluding carboxylic acids is 1. The van der Waals surface area contributed by atoms with Crippen molar-refractivity contribution in [1.82, 2.24) is 19.8 Å². The quantitative estimate of drug-likeness (QED) is 0.907. The zero-order valence-corrected chi connectivity index (χ0v) is 15.1. The lowest BCUT2D eigenvalue weighted by Crippen LogP contribution is -2.36. The standard InChI is InChI=1S/C18H24N4OS/c1-12-5-8-24-16(12)11-21-6-7-22-10-15(20-18(22)13(21)2)9-17(23)19-14-3-4-14/h5,8,10,13-14H,3-4,6-7,9,11H2,1-2H3,(H,19,23). The maximum atomic E-state index is 12.0. The summed E-state index contributed by atoms with van der Waals surface area (Å²) in [6.45, 7) is 7.35. The second-order valence-electron chi connectivity index (χ2n) is 6.98. The summed E-state index contributed by atoms with van der Waals surface area (Å²) in [5.41, 5.74) is 2.27. The van der Waals surface area contributed by atoms with Gasteiger partial charge < -0.3 is 9.88 Å². The molecule has 1 amide bonds. The molecule has 0 bridgehead atoms. The lowest BCUT2D eigenvalue weighted by molar-refractivity contribution is -0.120. The highest BCUT2D eigenvalue weighted by Crippen LogP contribution is 2.28. The number of rotatable bonds is 5. The van der Waals surface area contributed by atoms with Crippen molar-refractivity contribution < 1.29 is 4.79 Å². The van der Waals surface area contributed by atoms with Gasteiger partial charge in [-0.2, -0.15) is 0 Å². The highest BCUT2D eigenvalue weighted by Gasteiger charge is 2.28. The zero-order chi connectivity index (χ0) is 16.7. The maximum Gasteiger partial charge on any atom is 0.226 e. The fraction of sp³-hybridized carbons (Fsp3) is 0.556.